The summed E-state index contributed by atoms with van der Waals surface area (Å²) in [6, 6.07) is 7.44. The van der Waals surface area contributed by atoms with Gasteiger partial charge in [-0.1, -0.05) is 24.3 Å². The third-order valence-corrected chi connectivity index (χ3v) is 1.59. The van der Waals surface area contributed by atoms with Crippen LogP contribution in [0.1, 0.15) is 12.5 Å². The maximum atomic E-state index is 10.7. The zero-order valence-corrected chi connectivity index (χ0v) is 11.9. The van der Waals surface area contributed by atoms with Gasteiger partial charge < -0.3 is 4.74 Å². The molecule has 84 valence electrons. The number of hydrogen-bond donors (Lipinski definition) is 0. The molecule has 0 heterocycles. The highest BCUT2D eigenvalue weighted by molar-refractivity contribution is 8.93. The summed E-state index contributed by atoms with van der Waals surface area (Å²) in [5, 5.41) is 0. The van der Waals surface area contributed by atoms with Crippen LogP contribution in [0.3, 0.4) is 0 Å². The van der Waals surface area contributed by atoms with Gasteiger partial charge in [-0.2, -0.15) is 0 Å². The molecule has 0 radical (unpaired) electrons. The fourth-order valence-electron chi connectivity index (χ4n) is 1.08. The van der Waals surface area contributed by atoms with Gasteiger partial charge in [0.05, 0.1) is 0 Å². The van der Waals surface area contributed by atoms with Gasteiger partial charge in [0.15, 0.2) is 0 Å². The minimum Gasteiger partial charge on any atom is -0.426 e. The Balaban J connectivity index is 0. The molecular formula is C11H14Br2O2. The summed E-state index contributed by atoms with van der Waals surface area (Å²) in [6.07, 6.45) is 2.49. The normalized spacial score (nSPS) is 8.07. The van der Waals surface area contributed by atoms with E-state index in [1.807, 2.05) is 18.2 Å². The lowest BCUT2D eigenvalue weighted by atomic mass is 10.1. The molecule has 0 aromatic heterocycles. The van der Waals surface area contributed by atoms with Crippen molar-refractivity contribution in [2.24, 2.45) is 0 Å². The summed E-state index contributed by atoms with van der Waals surface area (Å²) in [5.41, 5.74) is 0.979. The summed E-state index contributed by atoms with van der Waals surface area (Å²) in [7, 11) is 0. The van der Waals surface area contributed by atoms with Gasteiger partial charge in [0.25, 0.3) is 0 Å². The molecule has 1 aromatic rings. The summed E-state index contributed by atoms with van der Waals surface area (Å²) in [5.74, 6) is 0.325. The van der Waals surface area contributed by atoms with Crippen molar-refractivity contribution in [3.05, 3.63) is 42.5 Å². The lowest BCUT2D eigenvalue weighted by Gasteiger charge is -2.05. The number of allylic oxidation sites excluding steroid dienone is 1. The van der Waals surface area contributed by atoms with Gasteiger partial charge in [-0.15, -0.1) is 40.5 Å². The minimum absolute atomic E-state index is 0. The minimum atomic E-state index is -0.295. The number of esters is 1. The maximum Gasteiger partial charge on any atom is 0.308 e. The first-order valence-electron chi connectivity index (χ1n) is 4.11. The van der Waals surface area contributed by atoms with E-state index in [1.165, 1.54) is 6.92 Å². The molecule has 0 aliphatic heterocycles. The van der Waals surface area contributed by atoms with Gasteiger partial charge in [-0.05, 0) is 18.1 Å². The van der Waals surface area contributed by atoms with E-state index >= 15 is 0 Å². The van der Waals surface area contributed by atoms with Gasteiger partial charge in [-0.25, -0.2) is 0 Å². The van der Waals surface area contributed by atoms with E-state index in [0.29, 0.717) is 12.2 Å². The molecule has 0 unspecified atom stereocenters. The number of para-hydroxylation sites is 1. The number of rotatable bonds is 3. The molecule has 0 fully saturated rings. The van der Waals surface area contributed by atoms with Crippen LogP contribution in [0.4, 0.5) is 0 Å². The first-order valence-corrected chi connectivity index (χ1v) is 4.11. The van der Waals surface area contributed by atoms with Crippen LogP contribution in [0, 0.1) is 0 Å². The highest BCUT2D eigenvalue weighted by atomic mass is 79.9. The smallest absolute Gasteiger partial charge is 0.308 e. The van der Waals surface area contributed by atoms with Gasteiger partial charge in [0, 0.05) is 6.92 Å². The lowest BCUT2D eigenvalue weighted by molar-refractivity contribution is -0.131. The molecule has 0 aliphatic carbocycles. The Hall–Kier alpha value is -0.610. The van der Waals surface area contributed by atoms with Crippen molar-refractivity contribution in [1.82, 2.24) is 0 Å². The Kier molecular flexibility index (Phi) is 9.72. The first kappa shape index (κ1) is 16.8. The van der Waals surface area contributed by atoms with E-state index in [1.54, 1.807) is 12.1 Å². The molecule has 0 bridgehead atoms. The van der Waals surface area contributed by atoms with E-state index in [-0.39, 0.29) is 39.9 Å². The molecular weight excluding hydrogens is 324 g/mol. The van der Waals surface area contributed by atoms with Gasteiger partial charge >= 0.3 is 5.97 Å². The fraction of sp³-hybridized carbons (Fsp3) is 0.182. The van der Waals surface area contributed by atoms with Crippen molar-refractivity contribution in [2.45, 2.75) is 13.3 Å². The summed E-state index contributed by atoms with van der Waals surface area (Å²) >= 11 is 0. The van der Waals surface area contributed by atoms with Crippen LogP contribution in [0.25, 0.3) is 0 Å². The fourth-order valence-corrected chi connectivity index (χ4v) is 1.08. The van der Waals surface area contributed by atoms with Crippen LogP contribution in [-0.4, -0.2) is 5.97 Å². The SMILES string of the molecule is Br.Br.C=CCc1ccccc1OC(C)=O. The highest BCUT2D eigenvalue weighted by Gasteiger charge is 2.02. The van der Waals surface area contributed by atoms with Crippen LogP contribution in [-0.2, 0) is 11.2 Å². The average Bonchev–Trinajstić information content (AvgIpc) is 2.08. The number of ether oxygens (including phenoxy) is 1. The average molecular weight is 338 g/mol. The number of hydrogen-bond acceptors (Lipinski definition) is 2. The van der Waals surface area contributed by atoms with Crippen molar-refractivity contribution >= 4 is 39.9 Å². The van der Waals surface area contributed by atoms with E-state index in [0.717, 1.165) is 5.56 Å². The molecule has 4 heteroatoms. The second-order valence-corrected chi connectivity index (χ2v) is 2.69. The van der Waals surface area contributed by atoms with E-state index in [4.69, 9.17) is 4.74 Å². The highest BCUT2D eigenvalue weighted by Crippen LogP contribution is 2.18. The number of carbonyl (C=O) groups is 1. The zero-order chi connectivity index (χ0) is 9.68. The molecule has 0 saturated carbocycles. The Morgan fingerprint density at radius 2 is 2.00 bits per heavy atom. The van der Waals surface area contributed by atoms with E-state index < -0.39 is 0 Å². The molecule has 15 heavy (non-hydrogen) atoms. The lowest BCUT2D eigenvalue weighted by Crippen LogP contribution is -2.03. The third-order valence-electron chi connectivity index (χ3n) is 1.59. The molecule has 0 amide bonds. The second kappa shape index (κ2) is 8.68. The van der Waals surface area contributed by atoms with Gasteiger partial charge in [-0.3, -0.25) is 4.79 Å². The number of carbonyl (C=O) groups excluding carboxylic acids is 1. The summed E-state index contributed by atoms with van der Waals surface area (Å²) < 4.78 is 5.01. The molecule has 0 atom stereocenters. The Bertz CT molecular complexity index is 324. The van der Waals surface area contributed by atoms with Crippen LogP contribution in [0.2, 0.25) is 0 Å². The molecule has 1 aromatic carbocycles. The Morgan fingerprint density at radius 3 is 2.53 bits per heavy atom. The van der Waals surface area contributed by atoms with Gasteiger partial charge in [0.1, 0.15) is 5.75 Å². The van der Waals surface area contributed by atoms with Crippen LogP contribution in [0.15, 0.2) is 36.9 Å². The van der Waals surface area contributed by atoms with E-state index in [2.05, 4.69) is 6.58 Å². The van der Waals surface area contributed by atoms with Crippen LogP contribution >= 0.6 is 34.0 Å². The Morgan fingerprint density at radius 1 is 1.40 bits per heavy atom. The Labute approximate surface area is 111 Å². The molecule has 0 spiro atoms. The molecule has 0 saturated heterocycles. The molecule has 1 rings (SSSR count). The monoisotopic (exact) mass is 336 g/mol. The topological polar surface area (TPSA) is 26.3 Å². The molecule has 0 aliphatic rings. The first-order chi connectivity index (χ1) is 6.24. The zero-order valence-electron chi connectivity index (χ0n) is 8.43. The van der Waals surface area contributed by atoms with Crippen molar-refractivity contribution < 1.29 is 9.53 Å². The summed E-state index contributed by atoms with van der Waals surface area (Å²) in [4.78, 5) is 10.7. The molecule has 2 nitrogen and oxygen atoms in total. The van der Waals surface area contributed by atoms with Crippen LogP contribution in [0.5, 0.6) is 5.75 Å². The number of benzene rings is 1. The number of halogens is 2. The third kappa shape index (κ3) is 5.74. The van der Waals surface area contributed by atoms with Crippen LogP contribution < -0.4 is 4.74 Å². The summed E-state index contributed by atoms with van der Waals surface area (Å²) in [6.45, 7) is 5.03. The van der Waals surface area contributed by atoms with Crippen molar-refractivity contribution in [3.8, 4) is 5.75 Å². The van der Waals surface area contributed by atoms with Crippen molar-refractivity contribution in [2.75, 3.05) is 0 Å². The standard InChI is InChI=1S/C11H12O2.2BrH/c1-3-6-10-7-4-5-8-11(10)13-9(2)12;;/h3-5,7-8H,1,6H2,2H3;2*1H. The van der Waals surface area contributed by atoms with Gasteiger partial charge in [0.2, 0.25) is 0 Å². The van der Waals surface area contributed by atoms with Crippen molar-refractivity contribution in [3.63, 3.8) is 0 Å². The van der Waals surface area contributed by atoms with Crippen molar-refractivity contribution in [1.29, 1.82) is 0 Å². The largest absolute Gasteiger partial charge is 0.426 e. The molecule has 0 N–H and O–H groups in total. The maximum absolute atomic E-state index is 10.7. The second-order valence-electron chi connectivity index (χ2n) is 2.69. The quantitative estimate of drug-likeness (QED) is 0.479. The predicted octanol–water partition coefficient (Wildman–Crippen LogP) is 3.50. The van der Waals surface area contributed by atoms with E-state index in [9.17, 15) is 4.79 Å². The predicted molar refractivity (Wildman–Crippen MR) is 72.3 cm³/mol.